The molecule has 0 radical (unpaired) electrons. The molecule has 1 aliphatic heterocycles. The lowest BCUT2D eigenvalue weighted by molar-refractivity contribution is -0.137. The third-order valence-corrected chi connectivity index (χ3v) is 1.89. The van der Waals surface area contributed by atoms with Crippen LogP contribution in [0.15, 0.2) is 29.4 Å². The fourth-order valence-corrected chi connectivity index (χ4v) is 1.15. The predicted molar refractivity (Wildman–Crippen MR) is 47.4 cm³/mol. The maximum atomic E-state index is 12.2. The van der Waals surface area contributed by atoms with Crippen molar-refractivity contribution < 1.29 is 13.2 Å². The molecular formula is C8H7F3N4. The first kappa shape index (κ1) is 9.78. The van der Waals surface area contributed by atoms with E-state index in [9.17, 15) is 13.2 Å². The Kier molecular flexibility index (Phi) is 2.24. The van der Waals surface area contributed by atoms with Crippen LogP contribution in [0, 0.1) is 0 Å². The van der Waals surface area contributed by atoms with E-state index in [1.54, 1.807) is 0 Å². The van der Waals surface area contributed by atoms with Crippen LogP contribution in [0.5, 0.6) is 0 Å². The molecule has 0 bridgehead atoms. The first-order valence-electron chi connectivity index (χ1n) is 4.09. The maximum Gasteiger partial charge on any atom is 0.416 e. The highest BCUT2D eigenvalue weighted by atomic mass is 19.4. The van der Waals surface area contributed by atoms with Crippen molar-refractivity contribution in [1.29, 1.82) is 0 Å². The third kappa shape index (κ3) is 2.01. The number of benzene rings is 1. The summed E-state index contributed by atoms with van der Waals surface area (Å²) in [5, 5.41) is 3.76. The summed E-state index contributed by atoms with van der Waals surface area (Å²) in [7, 11) is 0. The molecule has 0 aliphatic carbocycles. The zero-order chi connectivity index (χ0) is 10.9. The molecule has 0 aromatic heterocycles. The van der Waals surface area contributed by atoms with Gasteiger partial charge in [-0.1, -0.05) is 12.1 Å². The Morgan fingerprint density at radius 2 is 1.73 bits per heavy atom. The molecule has 1 aromatic carbocycles. The molecule has 0 unspecified atom stereocenters. The normalized spacial score (nSPS) is 15.5. The van der Waals surface area contributed by atoms with Gasteiger partial charge in [0.15, 0.2) is 5.84 Å². The van der Waals surface area contributed by atoms with Crippen molar-refractivity contribution >= 4 is 5.84 Å². The van der Waals surface area contributed by atoms with Gasteiger partial charge in [-0.2, -0.15) is 13.2 Å². The number of hydrazone groups is 1. The summed E-state index contributed by atoms with van der Waals surface area (Å²) in [6.07, 6.45) is -4.31. The molecule has 4 nitrogen and oxygen atoms in total. The standard InChI is InChI=1S/C8H7F3N4/c9-8(10,11)6-3-1-5(2-4-6)7-12-14-15-13-7/h1-4,14-15H,(H,12,13). The van der Waals surface area contributed by atoms with Gasteiger partial charge in [0.1, 0.15) is 0 Å². The van der Waals surface area contributed by atoms with E-state index in [4.69, 9.17) is 0 Å². The smallest absolute Gasteiger partial charge is 0.285 e. The van der Waals surface area contributed by atoms with Crippen LogP contribution >= 0.6 is 0 Å². The lowest BCUT2D eigenvalue weighted by Crippen LogP contribution is -2.35. The number of amidine groups is 1. The molecule has 1 aromatic rings. The maximum absolute atomic E-state index is 12.2. The summed E-state index contributed by atoms with van der Waals surface area (Å²) < 4.78 is 36.7. The van der Waals surface area contributed by atoms with E-state index in [1.165, 1.54) is 12.1 Å². The van der Waals surface area contributed by atoms with Gasteiger partial charge in [-0.25, -0.2) is 5.53 Å². The van der Waals surface area contributed by atoms with E-state index in [2.05, 4.69) is 21.6 Å². The molecule has 15 heavy (non-hydrogen) atoms. The SMILES string of the molecule is FC(F)(F)c1ccc(C2=NNNN2)cc1. The molecular weight excluding hydrogens is 209 g/mol. The van der Waals surface area contributed by atoms with Crippen molar-refractivity contribution in [3.05, 3.63) is 35.4 Å². The molecule has 0 fully saturated rings. The van der Waals surface area contributed by atoms with Crippen LogP contribution in [0.3, 0.4) is 0 Å². The van der Waals surface area contributed by atoms with Crippen LogP contribution in [0.25, 0.3) is 0 Å². The molecule has 2 rings (SSSR count). The monoisotopic (exact) mass is 216 g/mol. The van der Waals surface area contributed by atoms with E-state index in [0.29, 0.717) is 11.4 Å². The Morgan fingerprint density at radius 1 is 1.07 bits per heavy atom. The highest BCUT2D eigenvalue weighted by molar-refractivity contribution is 5.98. The van der Waals surface area contributed by atoms with E-state index < -0.39 is 11.7 Å². The molecule has 0 amide bonds. The molecule has 80 valence electrons. The fourth-order valence-electron chi connectivity index (χ4n) is 1.15. The number of rotatable bonds is 1. The van der Waals surface area contributed by atoms with Gasteiger partial charge >= 0.3 is 6.18 Å². The zero-order valence-corrected chi connectivity index (χ0v) is 7.39. The summed E-state index contributed by atoms with van der Waals surface area (Å²) in [5.41, 5.74) is 7.44. The van der Waals surface area contributed by atoms with Crippen molar-refractivity contribution in [2.24, 2.45) is 5.10 Å². The largest absolute Gasteiger partial charge is 0.416 e. The van der Waals surface area contributed by atoms with Gasteiger partial charge in [-0.15, -0.1) is 10.6 Å². The minimum atomic E-state index is -4.31. The molecule has 7 heteroatoms. The number of halogens is 3. The average Bonchev–Trinajstić information content (AvgIpc) is 2.69. The summed E-state index contributed by atoms with van der Waals surface area (Å²) in [6, 6.07) is 4.72. The molecule has 0 atom stereocenters. The van der Waals surface area contributed by atoms with Gasteiger partial charge in [0, 0.05) is 5.56 Å². The van der Waals surface area contributed by atoms with Crippen LogP contribution in [0.1, 0.15) is 11.1 Å². The zero-order valence-electron chi connectivity index (χ0n) is 7.39. The second kappa shape index (κ2) is 3.43. The van der Waals surface area contributed by atoms with Crippen molar-refractivity contribution in [3.63, 3.8) is 0 Å². The minimum absolute atomic E-state index is 0.448. The average molecular weight is 216 g/mol. The number of hydrogen-bond acceptors (Lipinski definition) is 4. The quantitative estimate of drug-likeness (QED) is 0.655. The van der Waals surface area contributed by atoms with Crippen molar-refractivity contribution in [2.75, 3.05) is 0 Å². The van der Waals surface area contributed by atoms with Crippen LogP contribution < -0.4 is 16.5 Å². The predicted octanol–water partition coefficient (Wildman–Crippen LogP) is 0.979. The lowest BCUT2D eigenvalue weighted by Gasteiger charge is -2.07. The minimum Gasteiger partial charge on any atom is -0.285 e. The van der Waals surface area contributed by atoms with Gasteiger partial charge < -0.3 is 0 Å². The Labute approximate surface area is 83.1 Å². The Bertz CT molecular complexity index is 382. The summed E-state index contributed by atoms with van der Waals surface area (Å²) in [5.74, 6) is 0.448. The first-order chi connectivity index (χ1) is 7.07. The van der Waals surface area contributed by atoms with Crippen molar-refractivity contribution in [2.45, 2.75) is 6.18 Å². The van der Waals surface area contributed by atoms with Gasteiger partial charge in [0.25, 0.3) is 0 Å². The number of hydrazine groups is 2. The third-order valence-electron chi connectivity index (χ3n) is 1.89. The second-order valence-corrected chi connectivity index (χ2v) is 2.90. The molecule has 0 spiro atoms. The fraction of sp³-hybridized carbons (Fsp3) is 0.125. The van der Waals surface area contributed by atoms with Crippen LogP contribution in [0.2, 0.25) is 0 Å². The van der Waals surface area contributed by atoms with E-state index >= 15 is 0 Å². The first-order valence-corrected chi connectivity index (χ1v) is 4.09. The molecule has 3 N–H and O–H groups in total. The van der Waals surface area contributed by atoms with E-state index in [1.807, 2.05) is 0 Å². The Hall–Kier alpha value is -1.76. The number of hydrogen-bond donors (Lipinski definition) is 3. The van der Waals surface area contributed by atoms with Crippen molar-refractivity contribution in [1.82, 2.24) is 16.5 Å². The second-order valence-electron chi connectivity index (χ2n) is 2.90. The molecule has 0 saturated heterocycles. The van der Waals surface area contributed by atoms with Gasteiger partial charge in [0.2, 0.25) is 0 Å². The number of alkyl halides is 3. The molecule has 1 aliphatic rings. The Balaban J connectivity index is 2.24. The Morgan fingerprint density at radius 3 is 2.20 bits per heavy atom. The van der Waals surface area contributed by atoms with Crippen LogP contribution in [-0.2, 0) is 6.18 Å². The summed E-state index contributed by atoms with van der Waals surface area (Å²) in [4.78, 5) is 0. The van der Waals surface area contributed by atoms with Crippen LogP contribution in [-0.4, -0.2) is 5.84 Å². The highest BCUT2D eigenvalue weighted by Crippen LogP contribution is 2.29. The number of nitrogens with one attached hydrogen (secondary N) is 3. The topological polar surface area (TPSA) is 48.5 Å². The van der Waals surface area contributed by atoms with Crippen molar-refractivity contribution in [3.8, 4) is 0 Å². The summed E-state index contributed by atoms with van der Waals surface area (Å²) >= 11 is 0. The highest BCUT2D eigenvalue weighted by Gasteiger charge is 2.30. The van der Waals surface area contributed by atoms with E-state index in [-0.39, 0.29) is 0 Å². The number of nitrogens with zero attached hydrogens (tertiary/aromatic N) is 1. The van der Waals surface area contributed by atoms with E-state index in [0.717, 1.165) is 12.1 Å². The van der Waals surface area contributed by atoms with Gasteiger partial charge in [-0.05, 0) is 12.1 Å². The summed E-state index contributed by atoms with van der Waals surface area (Å²) in [6.45, 7) is 0. The lowest BCUT2D eigenvalue weighted by atomic mass is 10.1. The van der Waals surface area contributed by atoms with Crippen LogP contribution in [0.4, 0.5) is 13.2 Å². The molecule has 0 saturated carbocycles. The molecule has 1 heterocycles. The van der Waals surface area contributed by atoms with Gasteiger partial charge in [0.05, 0.1) is 5.56 Å². The van der Waals surface area contributed by atoms with Gasteiger partial charge in [-0.3, -0.25) is 5.43 Å².